The van der Waals surface area contributed by atoms with Gasteiger partial charge in [-0.25, -0.2) is 4.68 Å². The zero-order valence-electron chi connectivity index (χ0n) is 10.9. The van der Waals surface area contributed by atoms with Crippen molar-refractivity contribution in [2.24, 2.45) is 5.73 Å². The molecule has 2 amide bonds. The maximum absolute atomic E-state index is 11.9. The van der Waals surface area contributed by atoms with Crippen LogP contribution in [0.25, 0.3) is 0 Å². The van der Waals surface area contributed by atoms with Gasteiger partial charge in [-0.15, -0.1) is 5.10 Å². The van der Waals surface area contributed by atoms with Crippen molar-refractivity contribution in [3.63, 3.8) is 0 Å². The van der Waals surface area contributed by atoms with E-state index in [-0.39, 0.29) is 31.4 Å². The van der Waals surface area contributed by atoms with Crippen molar-refractivity contribution in [3.8, 4) is 0 Å². The van der Waals surface area contributed by atoms with Crippen LogP contribution in [0.15, 0.2) is 6.20 Å². The van der Waals surface area contributed by atoms with Gasteiger partial charge in [0.05, 0.1) is 19.3 Å². The minimum absolute atomic E-state index is 0.0185. The highest BCUT2D eigenvalue weighted by Gasteiger charge is 2.29. The highest BCUT2D eigenvalue weighted by molar-refractivity contribution is 5.77. The molecule has 2 rings (SSSR count). The predicted octanol–water partition coefficient (Wildman–Crippen LogP) is -1.53. The average molecular weight is 266 g/mol. The van der Waals surface area contributed by atoms with Crippen LogP contribution in [-0.2, 0) is 22.7 Å². The van der Waals surface area contributed by atoms with Gasteiger partial charge in [-0.05, 0) is 12.8 Å². The van der Waals surface area contributed by atoms with Crippen molar-refractivity contribution in [2.75, 3.05) is 13.6 Å². The fourth-order valence-corrected chi connectivity index (χ4v) is 1.67. The van der Waals surface area contributed by atoms with Gasteiger partial charge >= 0.3 is 0 Å². The van der Waals surface area contributed by atoms with Gasteiger partial charge in [-0.3, -0.25) is 9.59 Å². The largest absolute Gasteiger partial charge is 0.349 e. The summed E-state index contributed by atoms with van der Waals surface area (Å²) < 4.78 is 1.48. The summed E-state index contributed by atoms with van der Waals surface area (Å²) in [5.74, 6) is -0.232. The second-order valence-corrected chi connectivity index (χ2v) is 4.62. The molecule has 0 aliphatic heterocycles. The van der Waals surface area contributed by atoms with Gasteiger partial charge < -0.3 is 16.0 Å². The molecule has 1 aliphatic rings. The van der Waals surface area contributed by atoms with Crippen LogP contribution in [0.2, 0.25) is 0 Å². The summed E-state index contributed by atoms with van der Waals surface area (Å²) in [6.45, 7) is 0.381. The first-order valence-corrected chi connectivity index (χ1v) is 6.21. The number of nitrogens with zero attached hydrogens (tertiary/aromatic N) is 4. The summed E-state index contributed by atoms with van der Waals surface area (Å²) in [7, 11) is 1.80. The predicted molar refractivity (Wildman–Crippen MR) is 66.7 cm³/mol. The smallest absolute Gasteiger partial charge is 0.244 e. The van der Waals surface area contributed by atoms with Crippen LogP contribution in [0.5, 0.6) is 0 Å². The Hall–Kier alpha value is -1.96. The first kappa shape index (κ1) is 13.5. The number of nitrogens with one attached hydrogen (secondary N) is 1. The highest BCUT2D eigenvalue weighted by atomic mass is 16.2. The van der Waals surface area contributed by atoms with Crippen LogP contribution < -0.4 is 11.1 Å². The molecular weight excluding hydrogens is 248 g/mol. The zero-order valence-corrected chi connectivity index (χ0v) is 10.9. The zero-order chi connectivity index (χ0) is 13.8. The van der Waals surface area contributed by atoms with E-state index in [2.05, 4.69) is 15.6 Å². The minimum Gasteiger partial charge on any atom is -0.349 e. The van der Waals surface area contributed by atoms with Gasteiger partial charge in [-0.1, -0.05) is 5.21 Å². The Balaban J connectivity index is 1.82. The van der Waals surface area contributed by atoms with Crippen LogP contribution in [-0.4, -0.2) is 51.3 Å². The normalized spacial score (nSPS) is 14.2. The second-order valence-electron chi connectivity index (χ2n) is 4.62. The van der Waals surface area contributed by atoms with Gasteiger partial charge in [0, 0.05) is 13.1 Å². The van der Waals surface area contributed by atoms with Crippen molar-refractivity contribution in [2.45, 2.75) is 32.0 Å². The van der Waals surface area contributed by atoms with E-state index in [0.717, 1.165) is 12.8 Å². The lowest BCUT2D eigenvalue weighted by Gasteiger charge is -2.15. The van der Waals surface area contributed by atoms with E-state index in [1.54, 1.807) is 18.1 Å². The molecule has 0 aromatic carbocycles. The molecule has 1 aliphatic carbocycles. The third-order valence-corrected chi connectivity index (χ3v) is 3.02. The summed E-state index contributed by atoms with van der Waals surface area (Å²) in [4.78, 5) is 24.6. The van der Waals surface area contributed by atoms with Crippen LogP contribution in [0.4, 0.5) is 0 Å². The molecule has 0 bridgehead atoms. The molecule has 8 nitrogen and oxygen atoms in total. The van der Waals surface area contributed by atoms with E-state index in [0.29, 0.717) is 11.7 Å². The summed E-state index contributed by atoms with van der Waals surface area (Å²) >= 11 is 0. The van der Waals surface area contributed by atoms with E-state index in [9.17, 15) is 9.59 Å². The van der Waals surface area contributed by atoms with Gasteiger partial charge in [0.15, 0.2) is 0 Å². The van der Waals surface area contributed by atoms with Crippen molar-refractivity contribution >= 4 is 11.8 Å². The third kappa shape index (κ3) is 3.75. The van der Waals surface area contributed by atoms with E-state index in [1.807, 2.05) is 0 Å². The van der Waals surface area contributed by atoms with Crippen molar-refractivity contribution in [3.05, 3.63) is 11.9 Å². The van der Waals surface area contributed by atoms with Crippen LogP contribution in [0.3, 0.4) is 0 Å². The third-order valence-electron chi connectivity index (χ3n) is 3.02. The lowest BCUT2D eigenvalue weighted by molar-refractivity contribution is -0.131. The summed E-state index contributed by atoms with van der Waals surface area (Å²) in [5, 5.41) is 10.3. The summed E-state index contributed by atoms with van der Waals surface area (Å²) in [5.41, 5.74) is 5.77. The van der Waals surface area contributed by atoms with Crippen molar-refractivity contribution < 1.29 is 9.59 Å². The monoisotopic (exact) mass is 266 g/mol. The number of nitrogens with two attached hydrogens (primary N) is 1. The number of hydrogen-bond acceptors (Lipinski definition) is 5. The van der Waals surface area contributed by atoms with E-state index < -0.39 is 0 Å². The van der Waals surface area contributed by atoms with Gasteiger partial charge in [0.1, 0.15) is 12.2 Å². The van der Waals surface area contributed by atoms with Crippen molar-refractivity contribution in [1.82, 2.24) is 25.2 Å². The number of carbonyl (C=O) groups excluding carboxylic acids is 2. The molecule has 1 saturated carbocycles. The number of rotatable bonds is 6. The number of amides is 2. The Morgan fingerprint density at radius 1 is 1.58 bits per heavy atom. The summed E-state index contributed by atoms with van der Waals surface area (Å²) in [6.07, 6.45) is 3.81. The molecule has 0 atom stereocenters. The Morgan fingerprint density at radius 3 is 2.95 bits per heavy atom. The Kier molecular flexibility index (Phi) is 4.10. The number of carbonyl (C=O) groups is 2. The van der Waals surface area contributed by atoms with E-state index in [4.69, 9.17) is 5.73 Å². The van der Waals surface area contributed by atoms with E-state index >= 15 is 0 Å². The first-order chi connectivity index (χ1) is 9.10. The molecule has 8 heteroatoms. The highest BCUT2D eigenvalue weighted by Crippen LogP contribution is 2.25. The Bertz CT molecular complexity index is 468. The summed E-state index contributed by atoms with van der Waals surface area (Å²) in [6, 6.07) is 0.388. The molecule has 1 aromatic heterocycles. The maximum Gasteiger partial charge on any atom is 0.244 e. The molecular formula is C11H18N6O2. The van der Waals surface area contributed by atoms with Crippen molar-refractivity contribution in [1.29, 1.82) is 0 Å². The van der Waals surface area contributed by atoms with Crippen LogP contribution >= 0.6 is 0 Å². The second kappa shape index (κ2) is 5.79. The number of hydrogen-bond donors (Lipinski definition) is 2. The molecule has 1 fully saturated rings. The molecule has 19 heavy (non-hydrogen) atoms. The molecule has 0 radical (unpaired) electrons. The fraction of sp³-hybridized carbons (Fsp3) is 0.636. The Labute approximate surface area is 110 Å². The molecule has 1 aromatic rings. The van der Waals surface area contributed by atoms with Crippen LogP contribution in [0.1, 0.15) is 18.5 Å². The molecule has 0 saturated heterocycles. The fourth-order valence-electron chi connectivity index (χ4n) is 1.67. The average Bonchev–Trinajstić information content (AvgIpc) is 3.16. The molecule has 0 spiro atoms. The van der Waals surface area contributed by atoms with Crippen LogP contribution in [0, 0.1) is 0 Å². The Morgan fingerprint density at radius 2 is 2.32 bits per heavy atom. The van der Waals surface area contributed by atoms with Gasteiger partial charge in [-0.2, -0.15) is 0 Å². The molecule has 1 heterocycles. The van der Waals surface area contributed by atoms with Gasteiger partial charge in [0.25, 0.3) is 0 Å². The topological polar surface area (TPSA) is 106 Å². The number of likely N-dealkylation sites (N-methyl/N-ethyl adjacent to an activating group) is 1. The minimum atomic E-state index is -0.251. The lowest BCUT2D eigenvalue weighted by Crippen LogP contribution is -2.32. The van der Waals surface area contributed by atoms with Gasteiger partial charge in [0.2, 0.25) is 11.8 Å². The standard InChI is InChI=1S/C11H18N6O2/c1-16(9-2-3-9)11(19)7-17-6-8(14-15-17)5-13-10(18)4-12/h6,9H,2-5,7,12H2,1H3,(H,13,18). The first-order valence-electron chi connectivity index (χ1n) is 6.21. The maximum atomic E-state index is 11.9. The SMILES string of the molecule is CN(C(=O)Cn1cc(CNC(=O)CN)nn1)C1CC1. The molecule has 0 unspecified atom stereocenters. The number of aromatic nitrogens is 3. The molecule has 3 N–H and O–H groups in total. The quantitative estimate of drug-likeness (QED) is 0.650. The lowest BCUT2D eigenvalue weighted by atomic mass is 10.4. The van der Waals surface area contributed by atoms with E-state index in [1.165, 1.54) is 4.68 Å². The molecule has 104 valence electrons.